The summed E-state index contributed by atoms with van der Waals surface area (Å²) in [4.78, 5) is 12.0. The number of fused-ring (bicyclic) bond motifs is 5. The number of rotatable bonds is 2. The first-order valence-corrected chi connectivity index (χ1v) is 6.88. The van der Waals surface area contributed by atoms with E-state index in [1.54, 1.807) is 0 Å². The highest BCUT2D eigenvalue weighted by Crippen LogP contribution is 2.65. The van der Waals surface area contributed by atoms with Crippen molar-refractivity contribution in [2.24, 2.45) is 23.7 Å². The number of hydrogen-bond donors (Lipinski definition) is 2. The van der Waals surface area contributed by atoms with Crippen LogP contribution in [-0.2, 0) is 4.79 Å². The van der Waals surface area contributed by atoms with E-state index in [4.69, 9.17) is 0 Å². The minimum atomic E-state index is 0.110. The Morgan fingerprint density at radius 3 is 2.50 bits per heavy atom. The smallest absolute Gasteiger partial charge is 0.237 e. The maximum absolute atomic E-state index is 12.0. The predicted octanol–water partition coefficient (Wildman–Crippen LogP) is 0.899. The molecule has 88 valence electrons. The largest absolute Gasteiger partial charge is 0.351 e. The van der Waals surface area contributed by atoms with Crippen LogP contribution in [0, 0.1) is 23.7 Å². The van der Waals surface area contributed by atoms with Gasteiger partial charge in [0.25, 0.3) is 0 Å². The third-order valence-corrected chi connectivity index (χ3v) is 5.42. The lowest BCUT2D eigenvalue weighted by molar-refractivity contribution is -0.123. The van der Waals surface area contributed by atoms with E-state index in [2.05, 4.69) is 10.6 Å². The van der Waals surface area contributed by atoms with Gasteiger partial charge in [-0.05, 0) is 62.3 Å². The van der Waals surface area contributed by atoms with Gasteiger partial charge in [-0.15, -0.1) is 0 Å². The number of hydrogen-bond acceptors (Lipinski definition) is 2. The molecule has 4 unspecified atom stereocenters. The summed E-state index contributed by atoms with van der Waals surface area (Å²) in [6, 6.07) is 0.667. The second-order valence-corrected chi connectivity index (χ2v) is 6.17. The maximum atomic E-state index is 12.0. The fraction of sp³-hybridized carbons (Fsp3) is 0.923. The Balaban J connectivity index is 1.38. The molecule has 0 aromatic heterocycles. The summed E-state index contributed by atoms with van der Waals surface area (Å²) < 4.78 is 0. The Labute approximate surface area is 96.4 Å². The summed E-state index contributed by atoms with van der Waals surface area (Å²) in [5.41, 5.74) is 0. The second kappa shape index (κ2) is 3.22. The first-order valence-electron chi connectivity index (χ1n) is 6.88. The molecule has 4 rings (SSSR count). The van der Waals surface area contributed by atoms with Crippen molar-refractivity contribution in [2.75, 3.05) is 6.54 Å². The van der Waals surface area contributed by atoms with Crippen LogP contribution < -0.4 is 10.6 Å². The van der Waals surface area contributed by atoms with Crippen molar-refractivity contribution in [3.63, 3.8) is 0 Å². The van der Waals surface area contributed by atoms with Crippen LogP contribution in [0.4, 0.5) is 0 Å². The molecule has 16 heavy (non-hydrogen) atoms. The average molecular weight is 220 g/mol. The molecule has 0 spiro atoms. The van der Waals surface area contributed by atoms with E-state index >= 15 is 0 Å². The van der Waals surface area contributed by atoms with Crippen LogP contribution in [0.2, 0.25) is 0 Å². The topological polar surface area (TPSA) is 41.1 Å². The molecule has 3 nitrogen and oxygen atoms in total. The molecule has 2 bridgehead atoms. The van der Waals surface area contributed by atoms with Gasteiger partial charge >= 0.3 is 0 Å². The van der Waals surface area contributed by atoms with Crippen LogP contribution in [0.5, 0.6) is 0 Å². The standard InChI is InChI=1S/C13H20N2O/c16-13(9-2-1-5-14-9)15-12-10-7-3-4-8(6-7)11(10)12/h7-12,14H,1-6H2,(H,15,16)/t7?,8?,9-,10?,11?,12?/m1/s1. The molecule has 1 aliphatic heterocycles. The Hall–Kier alpha value is -0.570. The third-order valence-electron chi connectivity index (χ3n) is 5.42. The Kier molecular flexibility index (Phi) is 1.90. The summed E-state index contributed by atoms with van der Waals surface area (Å²) >= 11 is 0. The van der Waals surface area contributed by atoms with Crippen molar-refractivity contribution in [3.8, 4) is 0 Å². The van der Waals surface area contributed by atoms with Gasteiger partial charge in [0.1, 0.15) is 0 Å². The monoisotopic (exact) mass is 220 g/mol. The van der Waals surface area contributed by atoms with Crippen LogP contribution in [-0.4, -0.2) is 24.5 Å². The number of carbonyl (C=O) groups excluding carboxylic acids is 1. The SMILES string of the molecule is O=C(NC1C2C3CCC(C3)C12)[C@H]1CCCN1. The lowest BCUT2D eigenvalue weighted by Crippen LogP contribution is -2.42. The summed E-state index contributed by atoms with van der Waals surface area (Å²) in [5.74, 6) is 3.91. The summed E-state index contributed by atoms with van der Waals surface area (Å²) in [7, 11) is 0. The van der Waals surface area contributed by atoms with Gasteiger partial charge < -0.3 is 10.6 Å². The lowest BCUT2D eigenvalue weighted by Gasteiger charge is -2.14. The van der Waals surface area contributed by atoms with Crippen LogP contribution in [0.25, 0.3) is 0 Å². The lowest BCUT2D eigenvalue weighted by atomic mass is 10.0. The Morgan fingerprint density at radius 2 is 1.88 bits per heavy atom. The molecule has 3 aliphatic carbocycles. The quantitative estimate of drug-likeness (QED) is 0.726. The molecular formula is C13H20N2O. The van der Waals surface area contributed by atoms with Crippen molar-refractivity contribution in [1.82, 2.24) is 10.6 Å². The molecule has 1 amide bonds. The summed E-state index contributed by atoms with van der Waals surface area (Å²) in [6.45, 7) is 1.01. The van der Waals surface area contributed by atoms with Crippen LogP contribution in [0.1, 0.15) is 32.1 Å². The first kappa shape index (κ1) is 9.46. The molecule has 5 atom stereocenters. The normalized spacial score (nSPS) is 52.8. The van der Waals surface area contributed by atoms with E-state index in [0.717, 1.165) is 43.1 Å². The van der Waals surface area contributed by atoms with Gasteiger partial charge in [-0.2, -0.15) is 0 Å². The molecule has 0 aromatic rings. The van der Waals surface area contributed by atoms with Crippen molar-refractivity contribution in [2.45, 2.75) is 44.2 Å². The van der Waals surface area contributed by atoms with E-state index in [-0.39, 0.29) is 11.9 Å². The average Bonchev–Trinajstić information content (AvgIpc) is 2.81. The predicted molar refractivity (Wildman–Crippen MR) is 60.8 cm³/mol. The van der Waals surface area contributed by atoms with Gasteiger partial charge in [-0.25, -0.2) is 0 Å². The number of nitrogens with one attached hydrogen (secondary N) is 2. The van der Waals surface area contributed by atoms with Gasteiger partial charge in [-0.1, -0.05) is 0 Å². The Morgan fingerprint density at radius 1 is 1.12 bits per heavy atom. The van der Waals surface area contributed by atoms with Crippen molar-refractivity contribution in [1.29, 1.82) is 0 Å². The molecule has 0 aromatic carbocycles. The molecule has 1 heterocycles. The fourth-order valence-corrected chi connectivity index (χ4v) is 4.69. The summed E-state index contributed by atoms with van der Waals surface area (Å²) in [6.07, 6.45) is 6.50. The highest BCUT2D eigenvalue weighted by atomic mass is 16.2. The highest BCUT2D eigenvalue weighted by molar-refractivity contribution is 5.82. The van der Waals surface area contributed by atoms with E-state index in [1.807, 2.05) is 0 Å². The highest BCUT2D eigenvalue weighted by Gasteiger charge is 2.65. The first-order chi connectivity index (χ1) is 7.84. The number of carbonyl (C=O) groups is 1. The van der Waals surface area contributed by atoms with Crippen LogP contribution in [0.3, 0.4) is 0 Å². The minimum absolute atomic E-state index is 0.110. The summed E-state index contributed by atoms with van der Waals surface area (Å²) in [5, 5.41) is 6.58. The van der Waals surface area contributed by atoms with E-state index in [9.17, 15) is 4.79 Å². The van der Waals surface area contributed by atoms with E-state index in [0.29, 0.717) is 6.04 Å². The van der Waals surface area contributed by atoms with Gasteiger partial charge in [0.15, 0.2) is 0 Å². The van der Waals surface area contributed by atoms with Crippen molar-refractivity contribution in [3.05, 3.63) is 0 Å². The zero-order valence-electron chi connectivity index (χ0n) is 9.61. The molecule has 3 saturated carbocycles. The maximum Gasteiger partial charge on any atom is 0.237 e. The third kappa shape index (κ3) is 1.21. The molecule has 3 heteroatoms. The van der Waals surface area contributed by atoms with Gasteiger partial charge in [0, 0.05) is 6.04 Å². The molecule has 4 fully saturated rings. The molecular weight excluding hydrogens is 200 g/mol. The van der Waals surface area contributed by atoms with Gasteiger partial charge in [-0.3, -0.25) is 4.79 Å². The van der Waals surface area contributed by atoms with E-state index in [1.165, 1.54) is 19.3 Å². The molecule has 2 N–H and O–H groups in total. The van der Waals surface area contributed by atoms with E-state index < -0.39 is 0 Å². The van der Waals surface area contributed by atoms with Gasteiger partial charge in [0.05, 0.1) is 6.04 Å². The van der Waals surface area contributed by atoms with Crippen molar-refractivity contribution >= 4 is 5.91 Å². The minimum Gasteiger partial charge on any atom is -0.351 e. The molecule has 0 radical (unpaired) electrons. The Bertz CT molecular complexity index is 308. The fourth-order valence-electron chi connectivity index (χ4n) is 4.69. The molecule has 1 saturated heterocycles. The zero-order chi connectivity index (χ0) is 10.7. The zero-order valence-corrected chi connectivity index (χ0v) is 9.61. The van der Waals surface area contributed by atoms with Crippen molar-refractivity contribution < 1.29 is 4.79 Å². The second-order valence-electron chi connectivity index (χ2n) is 6.17. The number of amides is 1. The van der Waals surface area contributed by atoms with Crippen LogP contribution >= 0.6 is 0 Å². The van der Waals surface area contributed by atoms with Gasteiger partial charge in [0.2, 0.25) is 5.91 Å². The van der Waals surface area contributed by atoms with Crippen LogP contribution in [0.15, 0.2) is 0 Å². The molecule has 4 aliphatic rings.